The minimum atomic E-state index is 0.0172. The van der Waals surface area contributed by atoms with Gasteiger partial charge >= 0.3 is 0 Å². The maximum absolute atomic E-state index is 5.63. The molecule has 31 heavy (non-hydrogen) atoms. The van der Waals surface area contributed by atoms with Gasteiger partial charge in [0.2, 0.25) is 0 Å². The average molecular weight is 414 g/mol. The number of ether oxygens (including phenoxy) is 2. The zero-order chi connectivity index (χ0) is 21.0. The van der Waals surface area contributed by atoms with Crippen molar-refractivity contribution in [2.75, 3.05) is 38.3 Å². The molecule has 0 amide bonds. The van der Waals surface area contributed by atoms with Gasteiger partial charge in [-0.2, -0.15) is 0 Å². The Hall–Kier alpha value is -3.15. The van der Waals surface area contributed by atoms with E-state index in [0.717, 1.165) is 49.1 Å². The molecule has 2 heterocycles. The fourth-order valence-electron chi connectivity index (χ4n) is 4.44. The Morgan fingerprint density at radius 3 is 2.13 bits per heavy atom. The standard InChI is InChI=1S/C26H27N3O2/c1-30-23-14-12-22(13-15-23)29-24(20-8-4-2-5-9-20)26(28-16-18-31-19-17-28)27-25(29)21-10-6-3-7-11-21/h2-15,24,26H,16-19H2,1H3. The molecular weight excluding hydrogens is 386 g/mol. The number of hydrogen-bond acceptors (Lipinski definition) is 5. The van der Waals surface area contributed by atoms with Gasteiger partial charge < -0.3 is 14.4 Å². The largest absolute Gasteiger partial charge is 0.497 e. The monoisotopic (exact) mass is 413 g/mol. The summed E-state index contributed by atoms with van der Waals surface area (Å²) >= 11 is 0. The number of methoxy groups -OCH3 is 1. The molecule has 3 aromatic rings. The molecule has 0 saturated carbocycles. The quantitative estimate of drug-likeness (QED) is 0.623. The molecule has 5 rings (SSSR count). The van der Waals surface area contributed by atoms with Crippen LogP contribution in [0.15, 0.2) is 89.9 Å². The summed E-state index contributed by atoms with van der Waals surface area (Å²) in [5, 5.41) is 0. The number of anilines is 1. The maximum atomic E-state index is 5.63. The van der Waals surface area contributed by atoms with Gasteiger partial charge in [-0.1, -0.05) is 60.7 Å². The van der Waals surface area contributed by atoms with Gasteiger partial charge in [0.05, 0.1) is 26.4 Å². The molecule has 2 aliphatic heterocycles. The predicted molar refractivity (Wildman–Crippen MR) is 124 cm³/mol. The SMILES string of the molecule is COc1ccc(N2C(c3ccccc3)=NC(N3CCOCC3)C2c2ccccc2)cc1. The zero-order valence-electron chi connectivity index (χ0n) is 17.7. The van der Waals surface area contributed by atoms with Crippen LogP contribution in [0.5, 0.6) is 5.75 Å². The van der Waals surface area contributed by atoms with Crippen LogP contribution >= 0.6 is 0 Å². The van der Waals surface area contributed by atoms with E-state index in [4.69, 9.17) is 14.5 Å². The second kappa shape index (κ2) is 8.92. The lowest BCUT2D eigenvalue weighted by Crippen LogP contribution is -2.46. The summed E-state index contributed by atoms with van der Waals surface area (Å²) in [5.41, 5.74) is 3.48. The highest BCUT2D eigenvalue weighted by Gasteiger charge is 2.42. The zero-order valence-corrected chi connectivity index (χ0v) is 17.7. The van der Waals surface area contributed by atoms with Crippen LogP contribution in [0.4, 0.5) is 5.69 Å². The summed E-state index contributed by atoms with van der Waals surface area (Å²) in [5.74, 6) is 1.85. The first-order valence-electron chi connectivity index (χ1n) is 10.8. The Bertz CT molecular complexity index is 1020. The Balaban J connectivity index is 1.64. The van der Waals surface area contributed by atoms with Crippen molar-refractivity contribution in [3.63, 3.8) is 0 Å². The van der Waals surface area contributed by atoms with Crippen LogP contribution < -0.4 is 9.64 Å². The van der Waals surface area contributed by atoms with Crippen LogP contribution in [0.25, 0.3) is 0 Å². The molecule has 0 N–H and O–H groups in total. The van der Waals surface area contributed by atoms with Gasteiger partial charge in [0.15, 0.2) is 0 Å². The smallest absolute Gasteiger partial charge is 0.137 e. The number of amidine groups is 1. The molecule has 0 spiro atoms. The van der Waals surface area contributed by atoms with Gasteiger partial charge in [0.25, 0.3) is 0 Å². The van der Waals surface area contributed by atoms with Crippen LogP contribution in [0, 0.1) is 0 Å². The molecule has 5 nitrogen and oxygen atoms in total. The highest BCUT2D eigenvalue weighted by atomic mass is 16.5. The summed E-state index contributed by atoms with van der Waals surface area (Å²) < 4.78 is 11.0. The van der Waals surface area contributed by atoms with Crippen molar-refractivity contribution in [1.29, 1.82) is 0 Å². The van der Waals surface area contributed by atoms with Crippen molar-refractivity contribution in [1.82, 2.24) is 4.90 Å². The third-order valence-corrected chi connectivity index (χ3v) is 5.99. The highest BCUT2D eigenvalue weighted by molar-refractivity contribution is 6.12. The molecule has 0 bridgehead atoms. The Morgan fingerprint density at radius 1 is 0.839 bits per heavy atom. The summed E-state index contributed by atoms with van der Waals surface area (Å²) in [6.45, 7) is 3.26. The third-order valence-electron chi connectivity index (χ3n) is 5.99. The van der Waals surface area contributed by atoms with Crippen molar-refractivity contribution in [2.45, 2.75) is 12.2 Å². The minimum absolute atomic E-state index is 0.0172. The summed E-state index contributed by atoms with van der Waals surface area (Å²) in [6.07, 6.45) is 0.0172. The lowest BCUT2D eigenvalue weighted by atomic mass is 10.0. The molecule has 158 valence electrons. The van der Waals surface area contributed by atoms with Crippen molar-refractivity contribution in [2.24, 2.45) is 4.99 Å². The van der Waals surface area contributed by atoms with E-state index in [1.54, 1.807) is 7.11 Å². The summed E-state index contributed by atoms with van der Waals surface area (Å²) in [4.78, 5) is 10.2. The maximum Gasteiger partial charge on any atom is 0.137 e. The molecule has 1 saturated heterocycles. The van der Waals surface area contributed by atoms with E-state index < -0.39 is 0 Å². The Labute approximate surface area is 183 Å². The third kappa shape index (κ3) is 3.94. The van der Waals surface area contributed by atoms with Crippen LogP contribution in [0.1, 0.15) is 17.2 Å². The van der Waals surface area contributed by atoms with Crippen LogP contribution in [0.2, 0.25) is 0 Å². The Kier molecular flexibility index (Phi) is 5.69. The van der Waals surface area contributed by atoms with Gasteiger partial charge in [-0.25, -0.2) is 4.99 Å². The van der Waals surface area contributed by atoms with Crippen molar-refractivity contribution >= 4 is 11.5 Å². The molecule has 0 radical (unpaired) electrons. The van der Waals surface area contributed by atoms with E-state index >= 15 is 0 Å². The van der Waals surface area contributed by atoms with Gasteiger partial charge in [0, 0.05) is 24.3 Å². The second-order valence-electron chi connectivity index (χ2n) is 7.80. The first kappa shape index (κ1) is 19.8. The number of aliphatic imine (C=N–C) groups is 1. The van der Waals surface area contributed by atoms with Gasteiger partial charge in [0.1, 0.15) is 17.8 Å². The van der Waals surface area contributed by atoms with Crippen LogP contribution in [0.3, 0.4) is 0 Å². The first-order valence-corrected chi connectivity index (χ1v) is 10.8. The number of benzene rings is 3. The van der Waals surface area contributed by atoms with E-state index in [9.17, 15) is 0 Å². The van der Waals surface area contributed by atoms with E-state index in [0.29, 0.717) is 0 Å². The lowest BCUT2D eigenvalue weighted by molar-refractivity contribution is 0.0150. The Morgan fingerprint density at radius 2 is 1.48 bits per heavy atom. The fraction of sp³-hybridized carbons (Fsp3) is 0.269. The van der Waals surface area contributed by atoms with Gasteiger partial charge in [-0.05, 0) is 29.8 Å². The normalized spacial score (nSPS) is 21.7. The molecule has 2 aliphatic rings. The van der Waals surface area contributed by atoms with E-state index in [-0.39, 0.29) is 12.2 Å². The first-order chi connectivity index (χ1) is 15.3. The predicted octanol–water partition coefficient (Wildman–Crippen LogP) is 4.36. The fourth-order valence-corrected chi connectivity index (χ4v) is 4.44. The average Bonchev–Trinajstić information content (AvgIpc) is 3.26. The molecular formula is C26H27N3O2. The van der Waals surface area contributed by atoms with Crippen molar-refractivity contribution in [3.8, 4) is 5.75 Å². The van der Waals surface area contributed by atoms with Crippen LogP contribution in [-0.2, 0) is 4.74 Å². The van der Waals surface area contributed by atoms with Gasteiger partial charge in [-0.15, -0.1) is 0 Å². The molecule has 1 fully saturated rings. The molecule has 3 aromatic carbocycles. The number of nitrogens with zero attached hydrogens (tertiary/aromatic N) is 3. The van der Waals surface area contributed by atoms with Crippen molar-refractivity contribution in [3.05, 3.63) is 96.1 Å². The number of hydrogen-bond donors (Lipinski definition) is 0. The summed E-state index contributed by atoms with van der Waals surface area (Å²) in [7, 11) is 1.70. The van der Waals surface area contributed by atoms with Crippen LogP contribution in [-0.4, -0.2) is 50.3 Å². The second-order valence-corrected chi connectivity index (χ2v) is 7.80. The number of rotatable bonds is 5. The topological polar surface area (TPSA) is 37.3 Å². The minimum Gasteiger partial charge on any atom is -0.497 e. The molecule has 2 unspecified atom stereocenters. The van der Waals surface area contributed by atoms with E-state index in [1.165, 1.54) is 5.56 Å². The molecule has 5 heteroatoms. The summed E-state index contributed by atoms with van der Waals surface area (Å²) in [6, 6.07) is 29.5. The molecule has 2 atom stereocenters. The van der Waals surface area contributed by atoms with E-state index in [2.05, 4.69) is 76.5 Å². The van der Waals surface area contributed by atoms with E-state index in [1.807, 2.05) is 18.2 Å². The molecule has 0 aromatic heterocycles. The molecule has 0 aliphatic carbocycles. The van der Waals surface area contributed by atoms with Gasteiger partial charge in [-0.3, -0.25) is 4.90 Å². The number of morpholine rings is 1. The highest BCUT2D eigenvalue weighted by Crippen LogP contribution is 2.40. The lowest BCUT2D eigenvalue weighted by Gasteiger charge is -2.37. The van der Waals surface area contributed by atoms with Crippen molar-refractivity contribution < 1.29 is 9.47 Å².